The van der Waals surface area contributed by atoms with Gasteiger partial charge in [-0.25, -0.2) is 4.39 Å². The Balaban J connectivity index is 1.91. The molecule has 0 atom stereocenters. The fourth-order valence-corrected chi connectivity index (χ4v) is 2.52. The average molecular weight is 321 g/mol. The number of halogens is 2. The third-order valence-electron chi connectivity index (χ3n) is 2.94. The summed E-state index contributed by atoms with van der Waals surface area (Å²) < 4.78 is 13.5. The van der Waals surface area contributed by atoms with E-state index in [0.29, 0.717) is 16.5 Å². The highest BCUT2D eigenvalue weighted by atomic mass is 79.9. The summed E-state index contributed by atoms with van der Waals surface area (Å²) in [5.74, 6) is -0.296. The molecule has 0 unspecified atom stereocenters. The van der Waals surface area contributed by atoms with Gasteiger partial charge in [0.05, 0.1) is 0 Å². The monoisotopic (exact) mass is 320 g/mol. The van der Waals surface area contributed by atoms with Crippen LogP contribution in [0.2, 0.25) is 0 Å². The number of benzene rings is 2. The zero-order chi connectivity index (χ0) is 13.7. The van der Waals surface area contributed by atoms with Gasteiger partial charge in [-0.2, -0.15) is 0 Å². The van der Waals surface area contributed by atoms with E-state index < -0.39 is 0 Å². The molecule has 0 saturated carbocycles. The van der Waals surface area contributed by atoms with Crippen LogP contribution in [0.25, 0.3) is 0 Å². The lowest BCUT2D eigenvalue weighted by Crippen LogP contribution is -2.01. The largest absolute Gasteiger partial charge is 0.294 e. The topological polar surface area (TPSA) is 17.1 Å². The summed E-state index contributed by atoms with van der Waals surface area (Å²) in [4.78, 5) is 12.0. The second kappa shape index (κ2) is 6.62. The Morgan fingerprint density at radius 2 is 1.84 bits per heavy atom. The van der Waals surface area contributed by atoms with E-state index in [2.05, 4.69) is 28.1 Å². The molecule has 2 rings (SSSR count). The maximum absolute atomic E-state index is 12.9. The molecule has 1 nitrogen and oxygen atoms in total. The normalized spacial score (nSPS) is 10.4. The van der Waals surface area contributed by atoms with Crippen molar-refractivity contribution in [2.45, 2.75) is 19.3 Å². The molecule has 0 aromatic heterocycles. The van der Waals surface area contributed by atoms with Crippen molar-refractivity contribution in [1.82, 2.24) is 0 Å². The lowest BCUT2D eigenvalue weighted by atomic mass is 10.0. The highest BCUT2D eigenvalue weighted by Crippen LogP contribution is 2.20. The summed E-state index contributed by atoms with van der Waals surface area (Å²) >= 11 is 3.22. The lowest BCUT2D eigenvalue weighted by molar-refractivity contribution is 0.0979. The van der Waals surface area contributed by atoms with Crippen molar-refractivity contribution < 1.29 is 9.18 Å². The summed E-state index contributed by atoms with van der Waals surface area (Å²) in [6.45, 7) is 0. The molecule has 0 aliphatic rings. The standard InChI is InChI=1S/C16H14BrFO/c17-15-11-13(18)9-10-14(15)16(19)8-4-7-12-5-2-1-3-6-12/h1-3,5-6,9-11H,4,7-8H2. The van der Waals surface area contributed by atoms with E-state index >= 15 is 0 Å². The summed E-state index contributed by atoms with van der Waals surface area (Å²) in [5, 5.41) is 0. The zero-order valence-corrected chi connectivity index (χ0v) is 12.0. The van der Waals surface area contributed by atoms with Gasteiger partial charge in [0.1, 0.15) is 5.82 Å². The molecular weight excluding hydrogens is 307 g/mol. The predicted octanol–water partition coefficient (Wildman–Crippen LogP) is 4.79. The molecule has 0 N–H and O–H groups in total. The van der Waals surface area contributed by atoms with Gasteiger partial charge in [0.25, 0.3) is 0 Å². The number of hydrogen-bond acceptors (Lipinski definition) is 1. The van der Waals surface area contributed by atoms with Crippen LogP contribution < -0.4 is 0 Å². The minimum atomic E-state index is -0.340. The van der Waals surface area contributed by atoms with Crippen LogP contribution in [0.15, 0.2) is 53.0 Å². The van der Waals surface area contributed by atoms with E-state index in [1.165, 1.54) is 23.8 Å². The minimum absolute atomic E-state index is 0.0443. The van der Waals surface area contributed by atoms with E-state index in [1.807, 2.05) is 18.2 Å². The van der Waals surface area contributed by atoms with E-state index in [1.54, 1.807) is 0 Å². The molecule has 0 aliphatic carbocycles. The first kappa shape index (κ1) is 13.9. The summed E-state index contributed by atoms with van der Waals surface area (Å²) in [7, 11) is 0. The van der Waals surface area contributed by atoms with E-state index in [4.69, 9.17) is 0 Å². The van der Waals surface area contributed by atoms with Gasteiger partial charge in [-0.05, 0) is 52.5 Å². The van der Waals surface area contributed by atoms with Crippen LogP contribution in [0.5, 0.6) is 0 Å². The number of Topliss-reactive ketones (excluding diaryl/α,β-unsaturated/α-hetero) is 1. The zero-order valence-electron chi connectivity index (χ0n) is 10.4. The summed E-state index contributed by atoms with van der Waals surface area (Å²) in [5.41, 5.74) is 1.78. The third-order valence-corrected chi connectivity index (χ3v) is 3.60. The summed E-state index contributed by atoms with van der Waals surface area (Å²) in [6, 6.07) is 14.2. The second-order valence-corrected chi connectivity index (χ2v) is 5.24. The SMILES string of the molecule is O=C(CCCc1ccccc1)c1ccc(F)cc1Br. The Morgan fingerprint density at radius 1 is 1.11 bits per heavy atom. The van der Waals surface area contributed by atoms with Crippen molar-refractivity contribution in [2.24, 2.45) is 0 Å². The number of carbonyl (C=O) groups is 1. The molecule has 0 saturated heterocycles. The van der Waals surface area contributed by atoms with E-state index in [0.717, 1.165) is 12.8 Å². The smallest absolute Gasteiger partial charge is 0.164 e. The predicted molar refractivity (Wildman–Crippen MR) is 77.8 cm³/mol. The molecular formula is C16H14BrFO. The fourth-order valence-electron chi connectivity index (χ4n) is 1.95. The molecule has 0 spiro atoms. The number of rotatable bonds is 5. The van der Waals surface area contributed by atoms with Crippen molar-refractivity contribution in [1.29, 1.82) is 0 Å². The Hall–Kier alpha value is -1.48. The fraction of sp³-hybridized carbons (Fsp3) is 0.188. The average Bonchev–Trinajstić information content (AvgIpc) is 2.39. The maximum atomic E-state index is 12.9. The Bertz CT molecular complexity index is 566. The lowest BCUT2D eigenvalue weighted by Gasteiger charge is -2.04. The molecule has 0 fully saturated rings. The van der Waals surface area contributed by atoms with Crippen LogP contribution >= 0.6 is 15.9 Å². The molecule has 2 aromatic rings. The van der Waals surface area contributed by atoms with Gasteiger partial charge in [0, 0.05) is 16.5 Å². The third kappa shape index (κ3) is 4.00. The van der Waals surface area contributed by atoms with Gasteiger partial charge in [-0.3, -0.25) is 4.79 Å². The van der Waals surface area contributed by atoms with Gasteiger partial charge < -0.3 is 0 Å². The Labute approximate surface area is 120 Å². The van der Waals surface area contributed by atoms with Gasteiger partial charge in [-0.15, -0.1) is 0 Å². The van der Waals surface area contributed by atoms with E-state index in [9.17, 15) is 9.18 Å². The minimum Gasteiger partial charge on any atom is -0.294 e. The molecule has 19 heavy (non-hydrogen) atoms. The molecule has 0 bridgehead atoms. The molecule has 0 radical (unpaired) electrons. The molecule has 98 valence electrons. The highest BCUT2D eigenvalue weighted by molar-refractivity contribution is 9.10. The molecule has 3 heteroatoms. The van der Waals surface area contributed by atoms with Crippen molar-refractivity contribution >= 4 is 21.7 Å². The molecule has 0 heterocycles. The van der Waals surface area contributed by atoms with Crippen LogP contribution in [0.4, 0.5) is 4.39 Å². The Morgan fingerprint density at radius 3 is 2.53 bits per heavy atom. The number of carbonyl (C=O) groups excluding carboxylic acids is 1. The number of ketones is 1. The van der Waals surface area contributed by atoms with E-state index in [-0.39, 0.29) is 11.6 Å². The number of aryl methyl sites for hydroxylation is 1. The van der Waals surface area contributed by atoms with Gasteiger partial charge in [-0.1, -0.05) is 30.3 Å². The molecule has 0 amide bonds. The second-order valence-electron chi connectivity index (χ2n) is 4.39. The van der Waals surface area contributed by atoms with Gasteiger partial charge in [0.2, 0.25) is 0 Å². The van der Waals surface area contributed by atoms with Gasteiger partial charge in [0.15, 0.2) is 5.78 Å². The Kier molecular flexibility index (Phi) is 4.86. The van der Waals surface area contributed by atoms with Crippen molar-refractivity contribution in [3.05, 3.63) is 69.9 Å². The van der Waals surface area contributed by atoms with Crippen LogP contribution in [0.1, 0.15) is 28.8 Å². The van der Waals surface area contributed by atoms with Crippen LogP contribution in [0, 0.1) is 5.82 Å². The van der Waals surface area contributed by atoms with Crippen LogP contribution in [0.3, 0.4) is 0 Å². The van der Waals surface area contributed by atoms with Crippen molar-refractivity contribution in [3.8, 4) is 0 Å². The van der Waals surface area contributed by atoms with Crippen LogP contribution in [-0.4, -0.2) is 5.78 Å². The molecule has 0 aliphatic heterocycles. The van der Waals surface area contributed by atoms with Gasteiger partial charge >= 0.3 is 0 Å². The van der Waals surface area contributed by atoms with Crippen LogP contribution in [-0.2, 0) is 6.42 Å². The number of hydrogen-bond donors (Lipinski definition) is 0. The summed E-state index contributed by atoms with van der Waals surface area (Å²) in [6.07, 6.45) is 2.15. The molecule has 2 aromatic carbocycles. The quantitative estimate of drug-likeness (QED) is 0.723. The van der Waals surface area contributed by atoms with Crippen molar-refractivity contribution in [2.75, 3.05) is 0 Å². The first-order valence-electron chi connectivity index (χ1n) is 6.19. The van der Waals surface area contributed by atoms with Crippen molar-refractivity contribution in [3.63, 3.8) is 0 Å². The highest BCUT2D eigenvalue weighted by Gasteiger charge is 2.10. The first-order valence-corrected chi connectivity index (χ1v) is 6.98. The maximum Gasteiger partial charge on any atom is 0.164 e. The first-order chi connectivity index (χ1) is 9.16.